The summed E-state index contributed by atoms with van der Waals surface area (Å²) in [5, 5.41) is 2.53. The first kappa shape index (κ1) is 32.7. The second-order valence-electron chi connectivity index (χ2n) is 15.7. The Bertz CT molecular complexity index is 2690. The van der Waals surface area contributed by atoms with Crippen LogP contribution in [-0.4, -0.2) is 15.8 Å². The highest BCUT2D eigenvalue weighted by molar-refractivity contribution is 7.00. The number of hydrogen-bond donors (Lipinski definition) is 0. The molecule has 268 valence electrons. The van der Waals surface area contributed by atoms with Crippen LogP contribution in [0.1, 0.15) is 36.7 Å². The third-order valence-electron chi connectivity index (χ3n) is 12.1. The van der Waals surface area contributed by atoms with Crippen molar-refractivity contribution in [3.63, 3.8) is 0 Å². The van der Waals surface area contributed by atoms with Crippen molar-refractivity contribution >= 4 is 79.0 Å². The van der Waals surface area contributed by atoms with Crippen LogP contribution in [-0.2, 0) is 0 Å². The monoisotopic (exact) mass is 720 g/mol. The van der Waals surface area contributed by atoms with E-state index in [4.69, 9.17) is 0 Å². The molecule has 4 nitrogen and oxygen atoms in total. The van der Waals surface area contributed by atoms with E-state index in [2.05, 4.69) is 216 Å². The molecule has 0 amide bonds. The smallest absolute Gasteiger partial charge is 0.252 e. The molecular weight excluding hydrogens is 679 g/mol. The first-order valence-electron chi connectivity index (χ1n) is 19.8. The Morgan fingerprint density at radius 3 is 1.14 bits per heavy atom. The summed E-state index contributed by atoms with van der Waals surface area (Å²) in [4.78, 5) is 4.83. The molecule has 2 aromatic heterocycles. The number of anilines is 6. The Kier molecular flexibility index (Phi) is 7.24. The molecule has 7 aromatic carbocycles. The molecule has 0 saturated heterocycles. The van der Waals surface area contributed by atoms with Crippen LogP contribution in [0.15, 0.2) is 170 Å². The fourth-order valence-electron chi connectivity index (χ4n) is 9.67. The molecule has 11 rings (SSSR count). The van der Waals surface area contributed by atoms with Crippen LogP contribution in [0.25, 0.3) is 33.2 Å². The highest BCUT2D eigenvalue weighted by atomic mass is 15.2. The Morgan fingerprint density at radius 2 is 0.804 bits per heavy atom. The molecular formula is C51H41BN4. The summed E-state index contributed by atoms with van der Waals surface area (Å²) in [7, 11) is 0. The average molecular weight is 721 g/mol. The molecule has 0 unspecified atom stereocenters. The van der Waals surface area contributed by atoms with Gasteiger partial charge in [0.15, 0.2) is 0 Å². The van der Waals surface area contributed by atoms with Gasteiger partial charge < -0.3 is 18.9 Å². The van der Waals surface area contributed by atoms with Crippen LogP contribution < -0.4 is 26.2 Å². The van der Waals surface area contributed by atoms with Gasteiger partial charge >= 0.3 is 0 Å². The average Bonchev–Trinajstić information content (AvgIpc) is 3.78. The van der Waals surface area contributed by atoms with E-state index in [-0.39, 0.29) is 6.71 Å². The molecule has 5 heteroatoms. The number of hydrogen-bond acceptors (Lipinski definition) is 2. The van der Waals surface area contributed by atoms with Gasteiger partial charge in [0, 0.05) is 56.3 Å². The van der Waals surface area contributed by atoms with Gasteiger partial charge in [0.2, 0.25) is 0 Å². The minimum atomic E-state index is 0.0710. The Balaban J connectivity index is 1.21. The quantitative estimate of drug-likeness (QED) is 0.152. The molecule has 0 saturated carbocycles. The number of rotatable bonds is 7. The Labute approximate surface area is 328 Å². The molecule has 0 atom stereocenters. The van der Waals surface area contributed by atoms with Crippen LogP contribution in [0.5, 0.6) is 0 Å². The van der Waals surface area contributed by atoms with Crippen molar-refractivity contribution in [2.24, 2.45) is 0 Å². The lowest BCUT2D eigenvalue weighted by molar-refractivity contribution is 0.859. The number of fused-ring (bicyclic) bond motifs is 4. The van der Waals surface area contributed by atoms with E-state index in [1.165, 1.54) is 77.9 Å². The maximum absolute atomic E-state index is 2.56. The van der Waals surface area contributed by atoms with Crippen LogP contribution in [0.4, 0.5) is 34.1 Å². The maximum Gasteiger partial charge on any atom is 0.252 e. The normalized spacial score (nSPS) is 12.4. The molecule has 2 aliphatic heterocycles. The molecule has 9 aromatic rings. The van der Waals surface area contributed by atoms with Gasteiger partial charge in [0.25, 0.3) is 6.71 Å². The van der Waals surface area contributed by atoms with E-state index in [1.54, 1.807) is 0 Å². The van der Waals surface area contributed by atoms with Crippen molar-refractivity contribution in [3.05, 3.63) is 187 Å². The van der Waals surface area contributed by atoms with Gasteiger partial charge in [-0.2, -0.15) is 0 Å². The molecule has 4 heterocycles. The molecule has 0 spiro atoms. The van der Waals surface area contributed by atoms with E-state index in [1.807, 2.05) is 0 Å². The van der Waals surface area contributed by atoms with E-state index in [0.717, 1.165) is 22.7 Å². The highest BCUT2D eigenvalue weighted by Crippen LogP contribution is 2.44. The second kappa shape index (κ2) is 12.4. The standard InChI is InChI=1S/C51H41BN4/c1-33(2)36-31-47-49-48(32-36)54-35(4)30-42-46(56(39-21-13-7-14-22-39)40-23-15-8-16-24-40)28-26-44(51(42)54)52(49)43-25-27-45(41-29-34(3)53(47)50(41)43)55(37-17-9-5-10-18-37)38-19-11-6-12-20-38/h5-33H,1-4H3. The van der Waals surface area contributed by atoms with Crippen molar-refractivity contribution in [2.45, 2.75) is 33.6 Å². The van der Waals surface area contributed by atoms with Crippen LogP contribution >= 0.6 is 0 Å². The lowest BCUT2D eigenvalue weighted by Crippen LogP contribution is -2.59. The highest BCUT2D eigenvalue weighted by Gasteiger charge is 2.41. The number of aryl methyl sites for hydroxylation is 2. The zero-order valence-corrected chi connectivity index (χ0v) is 32.1. The molecule has 0 fully saturated rings. The van der Waals surface area contributed by atoms with Gasteiger partial charge in [-0.3, -0.25) is 0 Å². The predicted octanol–water partition coefficient (Wildman–Crippen LogP) is 11.4. The first-order chi connectivity index (χ1) is 27.5. The zero-order valence-electron chi connectivity index (χ0n) is 32.1. The summed E-state index contributed by atoms with van der Waals surface area (Å²) in [6.07, 6.45) is 0. The van der Waals surface area contributed by atoms with Gasteiger partial charge in [-0.05, 0) is 127 Å². The summed E-state index contributed by atoms with van der Waals surface area (Å²) in [6.45, 7) is 9.27. The number of para-hydroxylation sites is 4. The summed E-state index contributed by atoms with van der Waals surface area (Å²) < 4.78 is 5.12. The molecule has 0 aliphatic carbocycles. The molecule has 0 radical (unpaired) electrons. The summed E-state index contributed by atoms with van der Waals surface area (Å²) in [6, 6.07) is 62.5. The predicted molar refractivity (Wildman–Crippen MR) is 238 cm³/mol. The SMILES string of the molecule is Cc1cc2c(N(c3ccccc3)c3ccccc3)ccc3c2n1-c1cc(C(C)C)cc2c1B3c1ccc(N(c3ccccc3)c3ccccc3)c3cc(C)n-2c13. The van der Waals surface area contributed by atoms with Crippen LogP contribution in [0, 0.1) is 13.8 Å². The van der Waals surface area contributed by atoms with Gasteiger partial charge in [-0.15, -0.1) is 0 Å². The van der Waals surface area contributed by atoms with Crippen LogP contribution in [0.2, 0.25) is 0 Å². The van der Waals surface area contributed by atoms with E-state index in [0.29, 0.717) is 5.92 Å². The van der Waals surface area contributed by atoms with Crippen molar-refractivity contribution < 1.29 is 0 Å². The lowest BCUT2D eigenvalue weighted by atomic mass is 9.34. The van der Waals surface area contributed by atoms with Gasteiger partial charge in [0.05, 0.1) is 22.4 Å². The van der Waals surface area contributed by atoms with Crippen molar-refractivity contribution in [1.29, 1.82) is 0 Å². The molecule has 2 aliphatic rings. The second-order valence-corrected chi connectivity index (χ2v) is 15.7. The van der Waals surface area contributed by atoms with Gasteiger partial charge in [-0.1, -0.05) is 98.8 Å². The molecule has 56 heavy (non-hydrogen) atoms. The van der Waals surface area contributed by atoms with E-state index in [9.17, 15) is 0 Å². The maximum atomic E-state index is 2.56. The Hall–Kier alpha value is -6.72. The molecule has 0 N–H and O–H groups in total. The first-order valence-corrected chi connectivity index (χ1v) is 19.8. The minimum Gasteiger partial charge on any atom is -0.315 e. The van der Waals surface area contributed by atoms with Gasteiger partial charge in [-0.25, -0.2) is 0 Å². The largest absolute Gasteiger partial charge is 0.315 e. The fourth-order valence-corrected chi connectivity index (χ4v) is 9.67. The number of aromatic nitrogens is 2. The van der Waals surface area contributed by atoms with Gasteiger partial charge in [0.1, 0.15) is 0 Å². The van der Waals surface area contributed by atoms with Crippen molar-refractivity contribution in [1.82, 2.24) is 9.13 Å². The third kappa shape index (κ3) is 4.67. The van der Waals surface area contributed by atoms with Crippen molar-refractivity contribution in [3.8, 4) is 11.4 Å². The van der Waals surface area contributed by atoms with E-state index >= 15 is 0 Å². The zero-order chi connectivity index (χ0) is 37.7. The Morgan fingerprint density at radius 1 is 0.446 bits per heavy atom. The number of benzene rings is 7. The van der Waals surface area contributed by atoms with Crippen molar-refractivity contribution in [2.75, 3.05) is 9.80 Å². The molecule has 0 bridgehead atoms. The van der Waals surface area contributed by atoms with E-state index < -0.39 is 0 Å². The summed E-state index contributed by atoms with van der Waals surface area (Å²) in [5.74, 6) is 0.367. The minimum absolute atomic E-state index is 0.0710. The fraction of sp³-hybridized carbons (Fsp3) is 0.0980. The summed E-state index contributed by atoms with van der Waals surface area (Å²) in [5.41, 5.74) is 20.1. The number of nitrogens with zero attached hydrogens (tertiary/aromatic N) is 4. The third-order valence-corrected chi connectivity index (χ3v) is 12.1. The topological polar surface area (TPSA) is 16.3 Å². The summed E-state index contributed by atoms with van der Waals surface area (Å²) >= 11 is 0. The lowest BCUT2D eigenvalue weighted by Gasteiger charge is -2.36. The van der Waals surface area contributed by atoms with Crippen LogP contribution in [0.3, 0.4) is 0 Å².